The monoisotopic (exact) mass is 463 g/mol. The van der Waals surface area contributed by atoms with Crippen LogP contribution in [0, 0.1) is 0 Å². The molecule has 1 unspecified atom stereocenters. The summed E-state index contributed by atoms with van der Waals surface area (Å²) >= 11 is 0. The molecule has 172 valence electrons. The van der Waals surface area contributed by atoms with Gasteiger partial charge in [-0.2, -0.15) is 0 Å². The highest BCUT2D eigenvalue weighted by Gasteiger charge is 2.28. The average Bonchev–Trinajstić information content (AvgIpc) is 3.39. The molecule has 7 heteroatoms. The summed E-state index contributed by atoms with van der Waals surface area (Å²) < 4.78 is 27.9. The van der Waals surface area contributed by atoms with Gasteiger partial charge in [-0.1, -0.05) is 60.7 Å². The molecule has 0 radical (unpaired) electrons. The van der Waals surface area contributed by atoms with Crippen molar-refractivity contribution in [2.45, 2.75) is 23.8 Å². The van der Waals surface area contributed by atoms with E-state index < -0.39 is 15.9 Å². The van der Waals surface area contributed by atoms with Gasteiger partial charge >= 0.3 is 0 Å². The molecule has 0 saturated carbocycles. The molecule has 1 atom stereocenters. The van der Waals surface area contributed by atoms with E-state index in [0.29, 0.717) is 12.2 Å². The number of sulfonamides is 1. The Morgan fingerprint density at radius 2 is 1.48 bits per heavy atom. The van der Waals surface area contributed by atoms with Gasteiger partial charge in [0.2, 0.25) is 0 Å². The average molecular weight is 464 g/mol. The van der Waals surface area contributed by atoms with Crippen LogP contribution >= 0.6 is 0 Å². The fourth-order valence-corrected chi connectivity index (χ4v) is 5.66. The number of rotatable bonds is 8. The molecule has 3 aromatic rings. The van der Waals surface area contributed by atoms with Gasteiger partial charge in [-0.25, -0.2) is 8.42 Å². The van der Waals surface area contributed by atoms with Crippen molar-refractivity contribution in [1.82, 2.24) is 10.2 Å². The number of benzene rings is 3. The first-order valence-electron chi connectivity index (χ1n) is 11.2. The lowest BCUT2D eigenvalue weighted by Crippen LogP contribution is -2.37. The number of carbonyl (C=O) groups excluding carboxylic acids is 1. The van der Waals surface area contributed by atoms with Crippen molar-refractivity contribution < 1.29 is 13.2 Å². The highest BCUT2D eigenvalue weighted by atomic mass is 32.2. The summed E-state index contributed by atoms with van der Waals surface area (Å²) in [6.45, 7) is 2.39. The molecular weight excluding hydrogens is 434 g/mol. The van der Waals surface area contributed by atoms with Crippen LogP contribution < -0.4 is 9.62 Å². The Morgan fingerprint density at radius 3 is 2.15 bits per heavy atom. The smallest absolute Gasteiger partial charge is 0.264 e. The number of para-hydroxylation sites is 1. The van der Waals surface area contributed by atoms with Gasteiger partial charge in [0.05, 0.1) is 17.3 Å². The van der Waals surface area contributed by atoms with Gasteiger partial charge in [0.1, 0.15) is 4.90 Å². The first-order valence-corrected chi connectivity index (χ1v) is 12.6. The number of nitrogens with one attached hydrogen (secondary N) is 1. The number of carbonyl (C=O) groups is 1. The molecule has 1 saturated heterocycles. The lowest BCUT2D eigenvalue weighted by Gasteiger charge is -2.28. The highest BCUT2D eigenvalue weighted by molar-refractivity contribution is 7.92. The minimum Gasteiger partial charge on any atom is -0.350 e. The Morgan fingerprint density at radius 1 is 0.909 bits per heavy atom. The van der Waals surface area contributed by atoms with Gasteiger partial charge in [0.15, 0.2) is 0 Å². The fourth-order valence-electron chi connectivity index (χ4n) is 4.27. The van der Waals surface area contributed by atoms with Crippen LogP contribution in [0.4, 0.5) is 5.69 Å². The van der Waals surface area contributed by atoms with Crippen molar-refractivity contribution in [2.24, 2.45) is 0 Å². The molecule has 3 aromatic carbocycles. The predicted molar refractivity (Wildman–Crippen MR) is 131 cm³/mol. The number of hydrogen-bond donors (Lipinski definition) is 1. The lowest BCUT2D eigenvalue weighted by atomic mass is 10.1. The van der Waals surface area contributed by atoms with Crippen molar-refractivity contribution >= 4 is 21.6 Å². The minimum atomic E-state index is -3.91. The zero-order valence-corrected chi connectivity index (χ0v) is 19.5. The minimum absolute atomic E-state index is 0.00807. The molecule has 33 heavy (non-hydrogen) atoms. The summed E-state index contributed by atoms with van der Waals surface area (Å²) in [5.41, 5.74) is 1.82. The third-order valence-electron chi connectivity index (χ3n) is 6.11. The molecule has 1 aliphatic rings. The van der Waals surface area contributed by atoms with Crippen molar-refractivity contribution in [1.29, 1.82) is 0 Å². The Kier molecular flexibility index (Phi) is 7.11. The van der Waals surface area contributed by atoms with E-state index in [4.69, 9.17) is 0 Å². The second kappa shape index (κ2) is 10.2. The first kappa shape index (κ1) is 23.0. The summed E-state index contributed by atoms with van der Waals surface area (Å²) in [7, 11) is -2.41. The topological polar surface area (TPSA) is 69.7 Å². The second-order valence-electron chi connectivity index (χ2n) is 8.18. The Balaban J connectivity index is 1.57. The summed E-state index contributed by atoms with van der Waals surface area (Å²) in [6, 6.07) is 25.4. The van der Waals surface area contributed by atoms with E-state index in [0.717, 1.165) is 31.5 Å². The normalized spacial score (nSPS) is 15.2. The lowest BCUT2D eigenvalue weighted by molar-refractivity contribution is 0.0934. The van der Waals surface area contributed by atoms with Gasteiger partial charge in [-0.3, -0.25) is 14.0 Å². The van der Waals surface area contributed by atoms with Crippen molar-refractivity contribution in [3.63, 3.8) is 0 Å². The number of hydrogen-bond acceptors (Lipinski definition) is 4. The van der Waals surface area contributed by atoms with E-state index in [2.05, 4.69) is 22.3 Å². The first-order chi connectivity index (χ1) is 16.0. The van der Waals surface area contributed by atoms with Crippen LogP contribution in [0.5, 0.6) is 0 Å². The Hall–Kier alpha value is -3.16. The maximum Gasteiger partial charge on any atom is 0.264 e. The van der Waals surface area contributed by atoms with Crippen LogP contribution in [-0.4, -0.2) is 45.9 Å². The molecular formula is C26H29N3O3S. The van der Waals surface area contributed by atoms with E-state index >= 15 is 0 Å². The maximum absolute atomic E-state index is 13.4. The van der Waals surface area contributed by atoms with Crippen molar-refractivity contribution in [2.75, 3.05) is 31.0 Å². The van der Waals surface area contributed by atoms with Gasteiger partial charge < -0.3 is 5.32 Å². The standard InChI is InChI=1S/C26H29N3O3S/c1-28(22-14-6-3-7-15-22)33(31,32)25-17-9-8-16-23(25)26(30)27-20-24(29-18-10-11-19-29)21-12-4-2-5-13-21/h2-9,12-17,24H,10-11,18-20H2,1H3,(H,27,30). The quantitative estimate of drug-likeness (QED) is 0.547. The van der Waals surface area contributed by atoms with Crippen LogP contribution in [0.15, 0.2) is 89.8 Å². The van der Waals surface area contributed by atoms with Crippen LogP contribution in [0.2, 0.25) is 0 Å². The molecule has 0 bridgehead atoms. The van der Waals surface area contributed by atoms with E-state index in [1.165, 1.54) is 17.4 Å². The van der Waals surface area contributed by atoms with Crippen LogP contribution in [0.1, 0.15) is 34.8 Å². The second-order valence-corrected chi connectivity index (χ2v) is 10.1. The number of anilines is 1. The Bertz CT molecular complexity index is 1180. The Labute approximate surface area is 195 Å². The van der Waals surface area contributed by atoms with Crippen LogP contribution in [0.3, 0.4) is 0 Å². The summed E-state index contributed by atoms with van der Waals surface area (Å²) in [6.07, 6.45) is 2.29. The van der Waals surface area contributed by atoms with Gasteiger partial charge in [0, 0.05) is 13.6 Å². The van der Waals surface area contributed by atoms with Crippen molar-refractivity contribution in [3.8, 4) is 0 Å². The number of amides is 1. The summed E-state index contributed by atoms with van der Waals surface area (Å²) in [4.78, 5) is 15.6. The molecule has 6 nitrogen and oxygen atoms in total. The van der Waals surface area contributed by atoms with E-state index in [-0.39, 0.29) is 16.5 Å². The molecule has 1 fully saturated rings. The largest absolute Gasteiger partial charge is 0.350 e. The predicted octanol–water partition coefficient (Wildman–Crippen LogP) is 4.08. The van der Waals surface area contributed by atoms with Gasteiger partial charge in [-0.05, 0) is 55.8 Å². The molecule has 1 heterocycles. The molecule has 1 N–H and O–H groups in total. The van der Waals surface area contributed by atoms with Gasteiger partial charge in [-0.15, -0.1) is 0 Å². The zero-order valence-electron chi connectivity index (χ0n) is 18.7. The third-order valence-corrected chi connectivity index (χ3v) is 7.96. The molecule has 1 aliphatic heterocycles. The number of nitrogens with zero attached hydrogens (tertiary/aromatic N) is 2. The molecule has 4 rings (SSSR count). The molecule has 1 amide bonds. The van der Waals surface area contributed by atoms with Gasteiger partial charge in [0.25, 0.3) is 15.9 Å². The van der Waals surface area contributed by atoms with Crippen molar-refractivity contribution in [3.05, 3.63) is 96.1 Å². The van der Waals surface area contributed by atoms with Crippen LogP contribution in [0.25, 0.3) is 0 Å². The molecule has 0 spiro atoms. The molecule has 0 aromatic heterocycles. The number of likely N-dealkylation sites (tertiary alicyclic amines) is 1. The zero-order chi connectivity index (χ0) is 23.3. The van der Waals surface area contributed by atoms with E-state index in [1.807, 2.05) is 24.3 Å². The SMILES string of the molecule is CN(c1ccccc1)S(=O)(=O)c1ccccc1C(=O)NCC(c1ccccc1)N1CCCC1. The van der Waals surface area contributed by atoms with E-state index in [1.54, 1.807) is 42.5 Å². The van der Waals surface area contributed by atoms with Crippen LogP contribution in [-0.2, 0) is 10.0 Å². The highest BCUT2D eigenvalue weighted by Crippen LogP contribution is 2.26. The summed E-state index contributed by atoms with van der Waals surface area (Å²) in [5, 5.41) is 3.00. The third kappa shape index (κ3) is 5.10. The van der Waals surface area contributed by atoms with E-state index in [9.17, 15) is 13.2 Å². The summed E-state index contributed by atoms with van der Waals surface area (Å²) in [5.74, 6) is -0.393. The molecule has 0 aliphatic carbocycles. The maximum atomic E-state index is 13.4. The fraction of sp³-hybridized carbons (Fsp3) is 0.269.